The molecule has 31 heavy (non-hydrogen) atoms. The number of nitrogens with one attached hydrogen (secondary N) is 2. The predicted molar refractivity (Wildman–Crippen MR) is 121 cm³/mol. The minimum atomic E-state index is -0.000248. The molecule has 1 aliphatic heterocycles. The first kappa shape index (κ1) is 20.9. The molecule has 1 atom stereocenters. The van der Waals surface area contributed by atoms with Gasteiger partial charge in [-0.3, -0.25) is 9.78 Å². The number of aryl methyl sites for hydroxylation is 1. The van der Waals surface area contributed by atoms with E-state index in [-0.39, 0.29) is 8.76 Å². The van der Waals surface area contributed by atoms with Crippen molar-refractivity contribution in [3.05, 3.63) is 41.7 Å². The van der Waals surface area contributed by atoms with E-state index in [1.807, 2.05) is 38.2 Å². The molecule has 0 saturated carbocycles. The van der Waals surface area contributed by atoms with Crippen molar-refractivity contribution in [2.45, 2.75) is 26.8 Å². The highest BCUT2D eigenvalue weighted by atomic mass is 16.4. The van der Waals surface area contributed by atoms with Crippen LogP contribution in [0, 0.1) is 12.8 Å². The molecule has 1 fully saturated rings. The SMILES string of the molecule is CNCc1ccc(-c2nnc(-c3nc(N4CC[C@H](CNC(C)=O)C4)cnc3C)o2)cc1.[HH].[HH]. The van der Waals surface area contributed by atoms with Crippen LogP contribution in [0.25, 0.3) is 23.0 Å². The number of hydrogen-bond acceptors (Lipinski definition) is 8. The first-order valence-corrected chi connectivity index (χ1v) is 10.4. The van der Waals surface area contributed by atoms with E-state index in [1.165, 1.54) is 5.56 Å². The number of benzene rings is 1. The third-order valence-corrected chi connectivity index (χ3v) is 5.40. The van der Waals surface area contributed by atoms with Crippen LogP contribution in [-0.2, 0) is 11.3 Å². The molecule has 0 spiro atoms. The maximum Gasteiger partial charge on any atom is 0.268 e. The molecule has 4 rings (SSSR count). The smallest absolute Gasteiger partial charge is 0.268 e. The van der Waals surface area contributed by atoms with Crippen LogP contribution in [0.3, 0.4) is 0 Å². The van der Waals surface area contributed by atoms with Gasteiger partial charge in [0, 0.05) is 41.5 Å². The molecular weight excluding hydrogens is 394 g/mol. The second kappa shape index (κ2) is 9.22. The van der Waals surface area contributed by atoms with Crippen molar-refractivity contribution in [1.82, 2.24) is 30.8 Å². The van der Waals surface area contributed by atoms with Crippen LogP contribution in [-0.4, -0.2) is 52.8 Å². The molecule has 3 aromatic rings. The van der Waals surface area contributed by atoms with Crippen molar-refractivity contribution in [3.63, 3.8) is 0 Å². The quantitative estimate of drug-likeness (QED) is 0.595. The fourth-order valence-corrected chi connectivity index (χ4v) is 3.70. The lowest BCUT2D eigenvalue weighted by Crippen LogP contribution is -2.29. The largest absolute Gasteiger partial charge is 0.415 e. The van der Waals surface area contributed by atoms with Gasteiger partial charge >= 0.3 is 0 Å². The summed E-state index contributed by atoms with van der Waals surface area (Å²) in [6.07, 6.45) is 2.77. The average Bonchev–Trinajstić information content (AvgIpc) is 3.44. The van der Waals surface area contributed by atoms with Crippen molar-refractivity contribution in [2.24, 2.45) is 5.92 Å². The Bertz CT molecular complexity index is 1060. The second-order valence-corrected chi connectivity index (χ2v) is 7.84. The summed E-state index contributed by atoms with van der Waals surface area (Å²) < 4.78 is 5.93. The number of amides is 1. The Balaban J connectivity index is 0.00000193. The van der Waals surface area contributed by atoms with Gasteiger partial charge in [-0.2, -0.15) is 0 Å². The molecule has 1 aliphatic rings. The van der Waals surface area contributed by atoms with Crippen molar-refractivity contribution < 1.29 is 12.1 Å². The summed E-state index contributed by atoms with van der Waals surface area (Å²) >= 11 is 0. The summed E-state index contributed by atoms with van der Waals surface area (Å²) in [4.78, 5) is 22.6. The third-order valence-electron chi connectivity index (χ3n) is 5.40. The highest BCUT2D eigenvalue weighted by Gasteiger charge is 2.25. The van der Waals surface area contributed by atoms with Gasteiger partial charge in [0.25, 0.3) is 5.89 Å². The van der Waals surface area contributed by atoms with E-state index in [0.717, 1.165) is 43.1 Å². The van der Waals surface area contributed by atoms with Gasteiger partial charge in [-0.1, -0.05) is 12.1 Å². The topological polar surface area (TPSA) is 109 Å². The zero-order valence-electron chi connectivity index (χ0n) is 18.1. The minimum Gasteiger partial charge on any atom is -0.415 e. The Morgan fingerprint density at radius 3 is 2.77 bits per heavy atom. The van der Waals surface area contributed by atoms with E-state index >= 15 is 0 Å². The fourth-order valence-electron chi connectivity index (χ4n) is 3.70. The summed E-state index contributed by atoms with van der Waals surface area (Å²) in [5, 5.41) is 14.4. The summed E-state index contributed by atoms with van der Waals surface area (Å²) in [7, 11) is 1.92. The van der Waals surface area contributed by atoms with Crippen LogP contribution in [0.4, 0.5) is 5.82 Å². The van der Waals surface area contributed by atoms with Crippen LogP contribution in [0.15, 0.2) is 34.9 Å². The van der Waals surface area contributed by atoms with Gasteiger partial charge in [0.05, 0.1) is 11.9 Å². The highest BCUT2D eigenvalue weighted by Crippen LogP contribution is 2.28. The van der Waals surface area contributed by atoms with E-state index < -0.39 is 0 Å². The molecule has 0 aliphatic carbocycles. The van der Waals surface area contributed by atoms with Crippen molar-refractivity contribution >= 4 is 11.7 Å². The van der Waals surface area contributed by atoms with Gasteiger partial charge in [-0.05, 0) is 44.0 Å². The van der Waals surface area contributed by atoms with E-state index in [9.17, 15) is 4.79 Å². The standard InChI is InChI=1S/C22H27N7O2.2H2/c1-14-20(22-28-27-21(31-22)18-6-4-16(5-7-18)10-23-3)26-19(12-24-14)29-9-8-17(13-29)11-25-15(2)30;;/h4-7,12,17,23H,8-11,13H2,1-3H3,(H,25,30);2*1H/t17-;;/m1../s1. The normalized spacial score (nSPS) is 16.0. The van der Waals surface area contributed by atoms with Gasteiger partial charge in [0.1, 0.15) is 5.82 Å². The summed E-state index contributed by atoms with van der Waals surface area (Å²) in [6.45, 7) is 6.60. The number of nitrogens with zero attached hydrogens (tertiary/aromatic N) is 5. The first-order chi connectivity index (χ1) is 15.0. The molecule has 9 heteroatoms. The van der Waals surface area contributed by atoms with E-state index in [1.54, 1.807) is 13.1 Å². The lowest BCUT2D eigenvalue weighted by molar-refractivity contribution is -0.119. The maximum absolute atomic E-state index is 11.2. The second-order valence-electron chi connectivity index (χ2n) is 7.84. The highest BCUT2D eigenvalue weighted by molar-refractivity contribution is 5.72. The molecule has 1 aromatic carbocycles. The number of anilines is 1. The van der Waals surface area contributed by atoms with E-state index in [2.05, 4.69) is 30.7 Å². The Morgan fingerprint density at radius 1 is 1.26 bits per heavy atom. The molecule has 2 N–H and O–H groups in total. The zero-order valence-corrected chi connectivity index (χ0v) is 18.1. The minimum absolute atomic E-state index is 0. The molecule has 0 unspecified atom stereocenters. The molecular formula is C22H31N7O2. The maximum atomic E-state index is 11.2. The lowest BCUT2D eigenvalue weighted by Gasteiger charge is -2.18. The van der Waals surface area contributed by atoms with Crippen molar-refractivity contribution in [1.29, 1.82) is 0 Å². The van der Waals surface area contributed by atoms with Crippen molar-refractivity contribution in [3.8, 4) is 23.0 Å². The molecule has 1 saturated heterocycles. The molecule has 9 nitrogen and oxygen atoms in total. The Labute approximate surface area is 184 Å². The van der Waals surface area contributed by atoms with Crippen LogP contribution < -0.4 is 15.5 Å². The predicted octanol–water partition coefficient (Wildman–Crippen LogP) is 2.68. The molecule has 166 valence electrons. The number of rotatable bonds is 7. The fraction of sp³-hybridized carbons (Fsp3) is 0.409. The number of aromatic nitrogens is 4. The summed E-state index contributed by atoms with van der Waals surface area (Å²) in [5.41, 5.74) is 3.37. The molecule has 1 amide bonds. The van der Waals surface area contributed by atoms with Crippen LogP contribution >= 0.6 is 0 Å². The number of carbonyl (C=O) groups is 1. The van der Waals surface area contributed by atoms with Gasteiger partial charge in [0.2, 0.25) is 11.8 Å². The Hall–Kier alpha value is -3.33. The number of carbonyl (C=O) groups excluding carboxylic acids is 1. The summed E-state index contributed by atoms with van der Waals surface area (Å²) in [5.74, 6) is 1.99. The van der Waals surface area contributed by atoms with Crippen molar-refractivity contribution in [2.75, 3.05) is 31.6 Å². The van der Waals surface area contributed by atoms with Gasteiger partial charge in [-0.25, -0.2) is 4.98 Å². The van der Waals surface area contributed by atoms with Gasteiger partial charge in [-0.15, -0.1) is 10.2 Å². The van der Waals surface area contributed by atoms with E-state index in [0.29, 0.717) is 29.9 Å². The zero-order chi connectivity index (χ0) is 21.8. The number of hydrogen-bond donors (Lipinski definition) is 2. The van der Waals surface area contributed by atoms with Gasteiger partial charge in [0.15, 0.2) is 5.69 Å². The monoisotopic (exact) mass is 425 g/mol. The Kier molecular flexibility index (Phi) is 6.22. The Morgan fingerprint density at radius 2 is 2.03 bits per heavy atom. The average molecular weight is 426 g/mol. The lowest BCUT2D eigenvalue weighted by atomic mass is 10.1. The molecule has 3 heterocycles. The first-order valence-electron chi connectivity index (χ1n) is 10.4. The third kappa shape index (κ3) is 4.88. The molecule has 2 aromatic heterocycles. The molecule has 0 bridgehead atoms. The summed E-state index contributed by atoms with van der Waals surface area (Å²) in [6, 6.07) is 8.01. The van der Waals surface area contributed by atoms with Crippen LogP contribution in [0.5, 0.6) is 0 Å². The van der Waals surface area contributed by atoms with Crippen LogP contribution in [0.1, 0.15) is 27.5 Å². The van der Waals surface area contributed by atoms with Gasteiger partial charge < -0.3 is 20.0 Å². The van der Waals surface area contributed by atoms with Crippen LogP contribution in [0.2, 0.25) is 0 Å². The molecule has 0 radical (unpaired) electrons. The van der Waals surface area contributed by atoms with E-state index in [4.69, 9.17) is 9.40 Å².